The molecule has 2 heterocycles. The van der Waals surface area contributed by atoms with Crippen molar-refractivity contribution in [2.45, 2.75) is 31.2 Å². The topological polar surface area (TPSA) is 114 Å². The van der Waals surface area contributed by atoms with Crippen LogP contribution in [0.25, 0.3) is 11.1 Å². The molecule has 9 nitrogen and oxygen atoms in total. The summed E-state index contributed by atoms with van der Waals surface area (Å²) in [5, 5.41) is 16.0. The molecule has 0 radical (unpaired) electrons. The van der Waals surface area contributed by atoms with Crippen LogP contribution in [0.1, 0.15) is 46.7 Å². The van der Waals surface area contributed by atoms with Crippen molar-refractivity contribution in [3.63, 3.8) is 0 Å². The lowest BCUT2D eigenvalue weighted by Gasteiger charge is -2.23. The molecule has 1 aliphatic carbocycles. The Morgan fingerprint density at radius 2 is 1.74 bits per heavy atom. The summed E-state index contributed by atoms with van der Waals surface area (Å²) in [6.07, 6.45) is 1.96. The van der Waals surface area contributed by atoms with Gasteiger partial charge in [-0.05, 0) is 35.1 Å². The molecule has 0 spiro atoms. The summed E-state index contributed by atoms with van der Waals surface area (Å²) in [5.74, 6) is -1.16. The molecule has 1 aliphatic heterocycles. The second-order valence-electron chi connectivity index (χ2n) is 8.87. The second-order valence-corrected chi connectivity index (χ2v) is 8.87. The first-order chi connectivity index (χ1) is 16.9. The SMILES string of the molecule is Cn1ncc(C(=O)N2CCCC2CC(=O)O)c1NC(=O)OCC1c2ccccc2-c2ccccc21. The maximum Gasteiger partial charge on any atom is 0.412 e. The molecule has 1 atom stereocenters. The first-order valence-electron chi connectivity index (χ1n) is 11.6. The normalized spacial score (nSPS) is 16.6. The van der Waals surface area contributed by atoms with E-state index in [1.807, 2.05) is 36.4 Å². The van der Waals surface area contributed by atoms with Crippen LogP contribution < -0.4 is 5.32 Å². The number of amides is 2. The maximum atomic E-state index is 13.2. The van der Waals surface area contributed by atoms with Gasteiger partial charge >= 0.3 is 12.1 Å². The van der Waals surface area contributed by atoms with E-state index in [9.17, 15) is 14.4 Å². The number of carbonyl (C=O) groups excluding carboxylic acids is 2. The van der Waals surface area contributed by atoms with Gasteiger partial charge in [0.1, 0.15) is 18.0 Å². The third kappa shape index (κ3) is 4.25. The van der Waals surface area contributed by atoms with Crippen LogP contribution in [0.5, 0.6) is 0 Å². The number of aryl methyl sites for hydroxylation is 1. The van der Waals surface area contributed by atoms with Crippen LogP contribution in [-0.2, 0) is 16.6 Å². The van der Waals surface area contributed by atoms with E-state index in [1.165, 1.54) is 10.9 Å². The molecular formula is C26H26N4O5. The molecular weight excluding hydrogens is 448 g/mol. The van der Waals surface area contributed by atoms with Crippen molar-refractivity contribution in [1.29, 1.82) is 0 Å². The number of aromatic nitrogens is 2. The van der Waals surface area contributed by atoms with E-state index in [0.717, 1.165) is 28.7 Å². The summed E-state index contributed by atoms with van der Waals surface area (Å²) in [6, 6.07) is 15.8. The minimum absolute atomic E-state index is 0.0813. The molecule has 2 aromatic carbocycles. The van der Waals surface area contributed by atoms with Gasteiger partial charge in [-0.15, -0.1) is 0 Å². The van der Waals surface area contributed by atoms with Gasteiger partial charge in [0.05, 0.1) is 12.6 Å². The van der Waals surface area contributed by atoms with Gasteiger partial charge in [-0.3, -0.25) is 19.6 Å². The number of nitrogens with one attached hydrogen (secondary N) is 1. The number of anilines is 1. The Labute approximate surface area is 202 Å². The summed E-state index contributed by atoms with van der Waals surface area (Å²) in [6.45, 7) is 0.615. The summed E-state index contributed by atoms with van der Waals surface area (Å²) in [5.41, 5.74) is 4.70. The van der Waals surface area contributed by atoms with Crippen molar-refractivity contribution < 1.29 is 24.2 Å². The first-order valence-corrected chi connectivity index (χ1v) is 11.6. The van der Waals surface area contributed by atoms with Crippen LogP contribution in [0.15, 0.2) is 54.7 Å². The highest BCUT2D eigenvalue weighted by atomic mass is 16.5. The van der Waals surface area contributed by atoms with Crippen LogP contribution >= 0.6 is 0 Å². The Hall–Kier alpha value is -4.14. The number of carbonyl (C=O) groups is 3. The Morgan fingerprint density at radius 3 is 2.40 bits per heavy atom. The Morgan fingerprint density at radius 1 is 1.09 bits per heavy atom. The van der Waals surface area contributed by atoms with Crippen molar-refractivity contribution in [1.82, 2.24) is 14.7 Å². The third-order valence-corrected chi connectivity index (χ3v) is 6.78. The fourth-order valence-electron chi connectivity index (χ4n) is 5.15. The lowest BCUT2D eigenvalue weighted by Crippen LogP contribution is -2.37. The van der Waals surface area contributed by atoms with Crippen LogP contribution in [0.3, 0.4) is 0 Å². The number of hydrogen-bond donors (Lipinski definition) is 2. The molecule has 1 unspecified atom stereocenters. The van der Waals surface area contributed by atoms with E-state index in [-0.39, 0.29) is 42.3 Å². The molecule has 1 saturated heterocycles. The molecule has 9 heteroatoms. The second kappa shape index (κ2) is 9.25. The number of fused-ring (bicyclic) bond motifs is 3. The number of hydrogen-bond acceptors (Lipinski definition) is 5. The van der Waals surface area contributed by atoms with Gasteiger partial charge in [0.2, 0.25) is 0 Å². The number of likely N-dealkylation sites (tertiary alicyclic amines) is 1. The fraction of sp³-hybridized carbons (Fsp3) is 0.308. The summed E-state index contributed by atoms with van der Waals surface area (Å²) >= 11 is 0. The van der Waals surface area contributed by atoms with Crippen LogP contribution in [0.2, 0.25) is 0 Å². The largest absolute Gasteiger partial charge is 0.481 e. The van der Waals surface area contributed by atoms with Gasteiger partial charge in [0.25, 0.3) is 5.91 Å². The predicted molar refractivity (Wildman–Crippen MR) is 128 cm³/mol. The molecule has 2 N–H and O–H groups in total. The van der Waals surface area contributed by atoms with Gasteiger partial charge in [0.15, 0.2) is 0 Å². The molecule has 3 aromatic rings. The standard InChI is InChI=1S/C26H26N4O5/c1-29-24(21(14-27-29)25(33)30-12-6-7-16(30)13-23(31)32)28-26(34)35-15-22-19-10-4-2-8-17(19)18-9-3-5-11-20(18)22/h2-5,8-11,14,16,22H,6-7,12-13,15H2,1H3,(H,28,34)(H,31,32). The van der Waals surface area contributed by atoms with Crippen molar-refractivity contribution in [3.8, 4) is 11.1 Å². The Balaban J connectivity index is 1.29. The zero-order chi connectivity index (χ0) is 24.5. The smallest absolute Gasteiger partial charge is 0.412 e. The van der Waals surface area contributed by atoms with Gasteiger partial charge in [0, 0.05) is 25.6 Å². The fourth-order valence-corrected chi connectivity index (χ4v) is 5.15. The number of aliphatic carboxylic acids is 1. The van der Waals surface area contributed by atoms with Gasteiger partial charge in [-0.2, -0.15) is 5.10 Å². The van der Waals surface area contributed by atoms with E-state index in [2.05, 4.69) is 22.5 Å². The van der Waals surface area contributed by atoms with E-state index < -0.39 is 12.1 Å². The molecule has 1 aromatic heterocycles. The lowest BCUT2D eigenvalue weighted by molar-refractivity contribution is -0.137. The van der Waals surface area contributed by atoms with Gasteiger partial charge in [-0.1, -0.05) is 48.5 Å². The van der Waals surface area contributed by atoms with E-state index in [1.54, 1.807) is 11.9 Å². The van der Waals surface area contributed by atoms with Crippen molar-refractivity contribution in [3.05, 3.63) is 71.4 Å². The molecule has 0 bridgehead atoms. The molecule has 35 heavy (non-hydrogen) atoms. The monoisotopic (exact) mass is 474 g/mol. The molecule has 2 aliphatic rings. The van der Waals surface area contributed by atoms with Gasteiger partial charge in [-0.25, -0.2) is 4.79 Å². The summed E-state index contributed by atoms with van der Waals surface area (Å²) < 4.78 is 7.01. The van der Waals surface area contributed by atoms with Crippen LogP contribution in [-0.4, -0.2) is 57.0 Å². The van der Waals surface area contributed by atoms with Crippen molar-refractivity contribution in [2.75, 3.05) is 18.5 Å². The number of carboxylic acids is 1. The van der Waals surface area contributed by atoms with E-state index in [4.69, 9.17) is 9.84 Å². The third-order valence-electron chi connectivity index (χ3n) is 6.78. The highest BCUT2D eigenvalue weighted by Gasteiger charge is 2.34. The average molecular weight is 475 g/mol. The molecule has 2 amide bonds. The van der Waals surface area contributed by atoms with E-state index >= 15 is 0 Å². The zero-order valence-corrected chi connectivity index (χ0v) is 19.3. The molecule has 0 saturated carbocycles. The maximum absolute atomic E-state index is 13.2. The lowest BCUT2D eigenvalue weighted by atomic mass is 9.98. The average Bonchev–Trinajstić information content (AvgIpc) is 3.54. The van der Waals surface area contributed by atoms with Crippen LogP contribution in [0, 0.1) is 0 Å². The number of ether oxygens (including phenoxy) is 1. The number of nitrogens with zero attached hydrogens (tertiary/aromatic N) is 3. The minimum atomic E-state index is -0.946. The molecule has 1 fully saturated rings. The Kier molecular flexibility index (Phi) is 5.98. The van der Waals surface area contributed by atoms with E-state index in [0.29, 0.717) is 13.0 Å². The number of carboxylic acid groups (broad SMARTS) is 1. The number of benzene rings is 2. The predicted octanol–water partition coefficient (Wildman–Crippen LogP) is 3.86. The van der Waals surface area contributed by atoms with Gasteiger partial charge < -0.3 is 14.7 Å². The summed E-state index contributed by atoms with van der Waals surface area (Å²) in [4.78, 5) is 38.7. The highest BCUT2D eigenvalue weighted by molar-refractivity contribution is 6.02. The van der Waals surface area contributed by atoms with Crippen LogP contribution in [0.4, 0.5) is 10.6 Å². The Bertz CT molecular complexity index is 1250. The molecule has 5 rings (SSSR count). The number of rotatable bonds is 6. The van der Waals surface area contributed by atoms with Crippen molar-refractivity contribution >= 4 is 23.8 Å². The highest BCUT2D eigenvalue weighted by Crippen LogP contribution is 2.44. The van der Waals surface area contributed by atoms with Crippen molar-refractivity contribution in [2.24, 2.45) is 7.05 Å². The molecule has 180 valence electrons. The minimum Gasteiger partial charge on any atom is -0.481 e. The quantitative estimate of drug-likeness (QED) is 0.561. The first kappa shape index (κ1) is 22.6. The zero-order valence-electron chi connectivity index (χ0n) is 19.3. The summed E-state index contributed by atoms with van der Waals surface area (Å²) in [7, 11) is 1.62.